The monoisotopic (exact) mass is 262 g/mol. The number of amides is 1. The van der Waals surface area contributed by atoms with Crippen LogP contribution >= 0.6 is 11.3 Å². The summed E-state index contributed by atoms with van der Waals surface area (Å²) in [6.07, 6.45) is 5.59. The third-order valence-electron chi connectivity index (χ3n) is 3.26. The number of anilines is 1. The highest BCUT2D eigenvalue weighted by atomic mass is 32.1. The molecule has 5 nitrogen and oxygen atoms in total. The van der Waals surface area contributed by atoms with Crippen LogP contribution in [0.2, 0.25) is 0 Å². The molecule has 3 N–H and O–H groups in total. The van der Waals surface area contributed by atoms with Gasteiger partial charge in [-0.15, -0.1) is 11.3 Å². The molecule has 0 saturated heterocycles. The molecule has 1 unspecified atom stereocenters. The summed E-state index contributed by atoms with van der Waals surface area (Å²) >= 11 is 1.30. The van der Waals surface area contributed by atoms with Gasteiger partial charge in [0.25, 0.3) is 5.91 Å². The van der Waals surface area contributed by atoms with Crippen LogP contribution in [0.4, 0.5) is 5.69 Å². The molecule has 1 saturated carbocycles. The fourth-order valence-corrected chi connectivity index (χ4v) is 2.92. The van der Waals surface area contributed by atoms with Gasteiger partial charge in [-0.1, -0.05) is 0 Å². The highest BCUT2D eigenvalue weighted by Gasteiger charge is 2.30. The maximum absolute atomic E-state index is 12.1. The summed E-state index contributed by atoms with van der Waals surface area (Å²) < 4.78 is 0. The van der Waals surface area contributed by atoms with E-state index in [1.54, 1.807) is 12.4 Å². The normalized spacial score (nSPS) is 16.7. The predicted molar refractivity (Wildman–Crippen MR) is 71.5 cm³/mol. The molecule has 0 radical (unpaired) electrons. The molecule has 1 fully saturated rings. The zero-order valence-electron chi connectivity index (χ0n) is 10.0. The molecule has 94 valence electrons. The number of hydrogen-bond acceptors (Lipinski definition) is 5. The minimum Gasteiger partial charge on any atom is -0.396 e. The maximum Gasteiger partial charge on any atom is 0.263 e. The maximum atomic E-state index is 12.1. The van der Waals surface area contributed by atoms with Gasteiger partial charge in [0.1, 0.15) is 15.2 Å². The van der Waals surface area contributed by atoms with Crippen LogP contribution in [0.1, 0.15) is 29.4 Å². The number of nitrogens with one attached hydrogen (secondary N) is 1. The van der Waals surface area contributed by atoms with E-state index >= 15 is 0 Å². The van der Waals surface area contributed by atoms with E-state index in [4.69, 9.17) is 5.73 Å². The second-order valence-electron chi connectivity index (χ2n) is 4.65. The summed E-state index contributed by atoms with van der Waals surface area (Å²) in [5.74, 6) is 0.512. The molecule has 2 aromatic rings. The first-order valence-corrected chi connectivity index (χ1v) is 6.78. The molecule has 1 aliphatic carbocycles. The predicted octanol–water partition coefficient (Wildman–Crippen LogP) is 1.80. The summed E-state index contributed by atoms with van der Waals surface area (Å²) in [6, 6.07) is 0.211. The van der Waals surface area contributed by atoms with Gasteiger partial charge in [-0.25, -0.2) is 9.97 Å². The molecule has 2 heterocycles. The number of carbonyl (C=O) groups excluding carboxylic acids is 1. The first-order valence-electron chi connectivity index (χ1n) is 5.96. The number of hydrogen-bond donors (Lipinski definition) is 2. The molecular formula is C12H14N4OS. The van der Waals surface area contributed by atoms with Gasteiger partial charge in [0.05, 0.1) is 5.69 Å². The van der Waals surface area contributed by atoms with Crippen LogP contribution in [0.5, 0.6) is 0 Å². The smallest absolute Gasteiger partial charge is 0.263 e. The van der Waals surface area contributed by atoms with Gasteiger partial charge in [0.15, 0.2) is 0 Å². The topological polar surface area (TPSA) is 80.9 Å². The van der Waals surface area contributed by atoms with Gasteiger partial charge in [-0.3, -0.25) is 4.79 Å². The molecule has 1 amide bonds. The molecule has 1 atom stereocenters. The number of carbonyl (C=O) groups is 1. The number of thiophene rings is 1. The van der Waals surface area contributed by atoms with E-state index in [-0.39, 0.29) is 11.9 Å². The Hall–Kier alpha value is -1.69. The lowest BCUT2D eigenvalue weighted by Crippen LogP contribution is -2.33. The zero-order chi connectivity index (χ0) is 12.7. The Balaban J connectivity index is 1.88. The largest absolute Gasteiger partial charge is 0.396 e. The molecule has 18 heavy (non-hydrogen) atoms. The second kappa shape index (κ2) is 4.20. The van der Waals surface area contributed by atoms with Crippen LogP contribution in [0.25, 0.3) is 10.3 Å². The fraction of sp³-hybridized carbons (Fsp3) is 0.417. The lowest BCUT2D eigenvalue weighted by atomic mass is 10.2. The number of nitrogen functional groups attached to an aromatic ring is 1. The van der Waals surface area contributed by atoms with Gasteiger partial charge in [-0.2, -0.15) is 0 Å². The minimum atomic E-state index is -0.114. The molecule has 2 aromatic heterocycles. The molecule has 6 heteroatoms. The van der Waals surface area contributed by atoms with Crippen molar-refractivity contribution in [2.75, 3.05) is 5.73 Å². The van der Waals surface area contributed by atoms with Crippen molar-refractivity contribution >= 4 is 33.3 Å². The Morgan fingerprint density at radius 3 is 2.89 bits per heavy atom. The summed E-state index contributed by atoms with van der Waals surface area (Å²) in [4.78, 5) is 21.7. The SMILES string of the molecule is CC(NC(=O)c1sc2nccnc2c1N)C1CC1. The molecule has 3 rings (SSSR count). The lowest BCUT2D eigenvalue weighted by Gasteiger charge is -2.11. The zero-order valence-corrected chi connectivity index (χ0v) is 10.8. The quantitative estimate of drug-likeness (QED) is 0.883. The highest BCUT2D eigenvalue weighted by molar-refractivity contribution is 7.21. The van der Waals surface area contributed by atoms with Crippen molar-refractivity contribution in [3.05, 3.63) is 17.3 Å². The number of fused-ring (bicyclic) bond motifs is 1. The van der Waals surface area contributed by atoms with Gasteiger partial charge in [0, 0.05) is 18.4 Å². The molecular weight excluding hydrogens is 248 g/mol. The van der Waals surface area contributed by atoms with E-state index in [1.807, 2.05) is 6.92 Å². The van der Waals surface area contributed by atoms with Crippen molar-refractivity contribution < 1.29 is 4.79 Å². The van der Waals surface area contributed by atoms with Gasteiger partial charge >= 0.3 is 0 Å². The number of nitrogens with zero attached hydrogens (tertiary/aromatic N) is 2. The van der Waals surface area contributed by atoms with Crippen LogP contribution in [0.15, 0.2) is 12.4 Å². The van der Waals surface area contributed by atoms with E-state index in [0.29, 0.717) is 26.8 Å². The van der Waals surface area contributed by atoms with E-state index in [0.717, 1.165) is 0 Å². The molecule has 0 bridgehead atoms. The van der Waals surface area contributed by atoms with Crippen molar-refractivity contribution in [3.8, 4) is 0 Å². The Morgan fingerprint density at radius 2 is 2.22 bits per heavy atom. The lowest BCUT2D eigenvalue weighted by molar-refractivity contribution is 0.0941. The Kier molecular flexibility index (Phi) is 2.66. The van der Waals surface area contributed by atoms with Crippen molar-refractivity contribution in [1.29, 1.82) is 0 Å². The summed E-state index contributed by atoms with van der Waals surface area (Å²) in [5.41, 5.74) is 7.01. The van der Waals surface area contributed by atoms with Crippen molar-refractivity contribution in [2.45, 2.75) is 25.8 Å². The molecule has 0 spiro atoms. The first kappa shape index (κ1) is 11.4. The summed E-state index contributed by atoms with van der Waals surface area (Å²) in [6.45, 7) is 2.04. The highest BCUT2D eigenvalue weighted by Crippen LogP contribution is 2.34. The number of aromatic nitrogens is 2. The third-order valence-corrected chi connectivity index (χ3v) is 4.36. The second-order valence-corrected chi connectivity index (χ2v) is 5.65. The standard InChI is InChI=1S/C12H14N4OS/c1-6(7-2-3-7)16-11(17)10-8(13)9-12(18-10)15-5-4-14-9/h4-7H,2-3,13H2,1H3,(H,16,17). The van der Waals surface area contributed by atoms with Crippen LogP contribution in [-0.2, 0) is 0 Å². The van der Waals surface area contributed by atoms with Crippen LogP contribution in [0.3, 0.4) is 0 Å². The van der Waals surface area contributed by atoms with E-state index in [9.17, 15) is 4.79 Å². The Labute approximate surface area is 108 Å². The number of nitrogens with two attached hydrogens (primary N) is 1. The van der Waals surface area contributed by atoms with Crippen molar-refractivity contribution in [2.24, 2.45) is 5.92 Å². The van der Waals surface area contributed by atoms with E-state index < -0.39 is 0 Å². The Bertz CT molecular complexity index is 605. The van der Waals surface area contributed by atoms with E-state index in [1.165, 1.54) is 24.2 Å². The summed E-state index contributed by atoms with van der Waals surface area (Å²) in [5, 5.41) is 3.00. The van der Waals surface area contributed by atoms with Crippen LogP contribution in [0, 0.1) is 5.92 Å². The number of rotatable bonds is 3. The minimum absolute atomic E-state index is 0.114. The first-order chi connectivity index (χ1) is 8.66. The molecule has 0 aromatic carbocycles. The van der Waals surface area contributed by atoms with Crippen LogP contribution in [-0.4, -0.2) is 21.9 Å². The van der Waals surface area contributed by atoms with Crippen LogP contribution < -0.4 is 11.1 Å². The summed E-state index contributed by atoms with van der Waals surface area (Å²) in [7, 11) is 0. The van der Waals surface area contributed by atoms with E-state index in [2.05, 4.69) is 15.3 Å². The third kappa shape index (κ3) is 1.92. The molecule has 0 aliphatic heterocycles. The van der Waals surface area contributed by atoms with Gasteiger partial charge in [0.2, 0.25) is 0 Å². The van der Waals surface area contributed by atoms with Gasteiger partial charge in [-0.05, 0) is 25.7 Å². The average molecular weight is 262 g/mol. The fourth-order valence-electron chi connectivity index (χ4n) is 2.00. The van der Waals surface area contributed by atoms with Crippen molar-refractivity contribution in [3.63, 3.8) is 0 Å². The van der Waals surface area contributed by atoms with Gasteiger partial charge < -0.3 is 11.1 Å². The van der Waals surface area contributed by atoms with Crippen molar-refractivity contribution in [1.82, 2.24) is 15.3 Å². The average Bonchev–Trinajstić information content (AvgIpc) is 3.15. The molecule has 1 aliphatic rings. The Morgan fingerprint density at radius 1 is 1.50 bits per heavy atom.